The van der Waals surface area contributed by atoms with Gasteiger partial charge in [0.25, 0.3) is 0 Å². The molecule has 0 N–H and O–H groups in total. The first-order valence-corrected chi connectivity index (χ1v) is 6.99. The highest BCUT2D eigenvalue weighted by Gasteiger charge is 2.34. The van der Waals surface area contributed by atoms with Crippen molar-refractivity contribution in [3.05, 3.63) is 29.3 Å². The predicted octanol–water partition coefficient (Wildman–Crippen LogP) is 4.45. The zero-order chi connectivity index (χ0) is 15.8. The van der Waals surface area contributed by atoms with Crippen LogP contribution < -0.4 is 4.90 Å². The minimum Gasteiger partial charge on any atom is -0.370 e. The summed E-state index contributed by atoms with van der Waals surface area (Å²) in [5.41, 5.74) is 0.0963. The van der Waals surface area contributed by atoms with Crippen molar-refractivity contribution in [2.75, 3.05) is 18.0 Å². The molecule has 0 aliphatic carbocycles. The van der Waals surface area contributed by atoms with Gasteiger partial charge in [0.2, 0.25) is 0 Å². The number of nitrogens with zero attached hydrogens (tertiary/aromatic N) is 2. The van der Waals surface area contributed by atoms with Gasteiger partial charge >= 0.3 is 6.18 Å². The molecule has 114 valence electrons. The Morgan fingerprint density at radius 1 is 1.24 bits per heavy atom. The van der Waals surface area contributed by atoms with E-state index < -0.39 is 11.7 Å². The number of hydrogen-bond acceptors (Lipinski definition) is 2. The Bertz CT molecular complexity index is 564. The van der Waals surface area contributed by atoms with Gasteiger partial charge in [-0.15, -0.1) is 0 Å². The van der Waals surface area contributed by atoms with Gasteiger partial charge in [0.15, 0.2) is 0 Å². The van der Waals surface area contributed by atoms with Crippen molar-refractivity contribution in [3.8, 4) is 6.07 Å². The lowest BCUT2D eigenvalue weighted by atomic mass is 9.80. The normalized spacial score (nSPS) is 19.7. The van der Waals surface area contributed by atoms with E-state index >= 15 is 0 Å². The first kappa shape index (κ1) is 15.7. The third-order valence-corrected chi connectivity index (χ3v) is 4.20. The number of alkyl halides is 3. The van der Waals surface area contributed by atoms with Crippen LogP contribution in [0.4, 0.5) is 18.9 Å². The van der Waals surface area contributed by atoms with E-state index in [-0.39, 0.29) is 11.0 Å². The van der Waals surface area contributed by atoms with E-state index in [0.717, 1.165) is 31.6 Å². The number of nitriles is 1. The molecule has 2 nitrogen and oxygen atoms in total. The summed E-state index contributed by atoms with van der Waals surface area (Å²) in [5, 5.41) is 9.15. The fourth-order valence-electron chi connectivity index (χ4n) is 2.76. The third kappa shape index (κ3) is 3.31. The molecule has 5 heteroatoms. The van der Waals surface area contributed by atoms with Crippen LogP contribution >= 0.6 is 0 Å². The van der Waals surface area contributed by atoms with Crippen LogP contribution in [0.3, 0.4) is 0 Å². The summed E-state index contributed by atoms with van der Waals surface area (Å²) in [4.78, 5) is 2.02. The van der Waals surface area contributed by atoms with Crippen molar-refractivity contribution in [1.29, 1.82) is 5.26 Å². The van der Waals surface area contributed by atoms with Gasteiger partial charge in [-0.3, -0.25) is 0 Å². The molecular formula is C16H19F3N2. The highest BCUT2D eigenvalue weighted by molar-refractivity contribution is 5.61. The summed E-state index contributed by atoms with van der Waals surface area (Å²) < 4.78 is 38.1. The second-order valence-electron chi connectivity index (χ2n) is 6.64. The third-order valence-electron chi connectivity index (χ3n) is 4.20. The lowest BCUT2D eigenvalue weighted by molar-refractivity contribution is -0.137. The number of benzene rings is 1. The van der Waals surface area contributed by atoms with Crippen molar-refractivity contribution >= 4 is 5.69 Å². The fraction of sp³-hybridized carbons (Fsp3) is 0.562. The molecule has 0 saturated carbocycles. The van der Waals surface area contributed by atoms with E-state index in [9.17, 15) is 13.2 Å². The predicted molar refractivity (Wildman–Crippen MR) is 75.9 cm³/mol. The average Bonchev–Trinajstić information content (AvgIpc) is 2.86. The van der Waals surface area contributed by atoms with Crippen LogP contribution in [-0.2, 0) is 6.18 Å². The Morgan fingerprint density at radius 2 is 1.90 bits per heavy atom. The molecule has 1 heterocycles. The standard InChI is InChI=1S/C16H19F3N2/c1-15(2,3)13-6-7-21(10-13)14-5-4-12(16(17,18)19)8-11(14)9-20/h4-5,8,13H,6-7,10H2,1-3H3. The molecule has 1 aliphatic heterocycles. The Hall–Kier alpha value is -1.70. The number of rotatable bonds is 1. The van der Waals surface area contributed by atoms with Crippen molar-refractivity contribution in [2.45, 2.75) is 33.4 Å². The van der Waals surface area contributed by atoms with Gasteiger partial charge < -0.3 is 4.90 Å². The molecule has 1 saturated heterocycles. The Labute approximate surface area is 123 Å². The van der Waals surface area contributed by atoms with Crippen LogP contribution in [0.2, 0.25) is 0 Å². The molecule has 1 fully saturated rings. The SMILES string of the molecule is CC(C)(C)C1CCN(c2ccc(C(F)(F)F)cc2C#N)C1. The molecule has 1 aromatic carbocycles. The second kappa shape index (κ2) is 5.25. The van der Waals surface area contributed by atoms with Gasteiger partial charge in [0.05, 0.1) is 16.8 Å². The molecule has 21 heavy (non-hydrogen) atoms. The second-order valence-corrected chi connectivity index (χ2v) is 6.64. The molecule has 0 bridgehead atoms. The zero-order valence-electron chi connectivity index (χ0n) is 12.5. The first-order valence-electron chi connectivity index (χ1n) is 6.99. The highest BCUT2D eigenvalue weighted by atomic mass is 19.4. The Morgan fingerprint density at radius 3 is 2.38 bits per heavy atom. The monoisotopic (exact) mass is 296 g/mol. The summed E-state index contributed by atoms with van der Waals surface area (Å²) in [5.74, 6) is 0.478. The molecule has 0 spiro atoms. The Kier molecular flexibility index (Phi) is 3.92. The van der Waals surface area contributed by atoms with E-state index in [2.05, 4.69) is 20.8 Å². The quantitative estimate of drug-likeness (QED) is 0.765. The molecule has 1 aromatic rings. The number of hydrogen-bond donors (Lipinski definition) is 0. The molecule has 0 radical (unpaired) electrons. The van der Waals surface area contributed by atoms with E-state index in [4.69, 9.17) is 5.26 Å². The maximum atomic E-state index is 12.7. The topological polar surface area (TPSA) is 27.0 Å². The summed E-state index contributed by atoms with van der Waals surface area (Å²) in [6, 6.07) is 5.32. The van der Waals surface area contributed by atoms with Gasteiger partial charge in [-0.1, -0.05) is 20.8 Å². The molecule has 2 rings (SSSR count). The minimum absolute atomic E-state index is 0.0967. The van der Waals surface area contributed by atoms with Crippen molar-refractivity contribution in [2.24, 2.45) is 11.3 Å². The summed E-state index contributed by atoms with van der Waals surface area (Å²) in [7, 11) is 0. The first-order chi connectivity index (χ1) is 9.63. The van der Waals surface area contributed by atoms with Gasteiger partial charge in [-0.2, -0.15) is 18.4 Å². The van der Waals surface area contributed by atoms with Gasteiger partial charge in [-0.05, 0) is 36.0 Å². The molecule has 1 atom stereocenters. The molecular weight excluding hydrogens is 277 g/mol. The van der Waals surface area contributed by atoms with Crippen LogP contribution in [0, 0.1) is 22.7 Å². The lowest BCUT2D eigenvalue weighted by Crippen LogP contribution is -2.26. The van der Waals surface area contributed by atoms with E-state index in [0.29, 0.717) is 11.6 Å². The van der Waals surface area contributed by atoms with Gasteiger partial charge in [-0.25, -0.2) is 0 Å². The van der Waals surface area contributed by atoms with E-state index in [1.807, 2.05) is 11.0 Å². The summed E-state index contributed by atoms with van der Waals surface area (Å²) >= 11 is 0. The highest BCUT2D eigenvalue weighted by Crippen LogP contribution is 2.38. The van der Waals surface area contributed by atoms with Crippen molar-refractivity contribution in [3.63, 3.8) is 0 Å². The summed E-state index contributed by atoms with van der Waals surface area (Å²) in [6.07, 6.45) is -3.42. The lowest BCUT2D eigenvalue weighted by Gasteiger charge is -2.28. The van der Waals surface area contributed by atoms with Crippen LogP contribution in [0.25, 0.3) is 0 Å². The number of halogens is 3. The van der Waals surface area contributed by atoms with E-state index in [1.54, 1.807) is 0 Å². The zero-order valence-corrected chi connectivity index (χ0v) is 12.5. The molecule has 0 amide bonds. The van der Waals surface area contributed by atoms with Crippen molar-refractivity contribution in [1.82, 2.24) is 0 Å². The van der Waals surface area contributed by atoms with Crippen LogP contribution in [0.5, 0.6) is 0 Å². The Balaban J connectivity index is 2.28. The molecule has 1 aliphatic rings. The fourth-order valence-corrected chi connectivity index (χ4v) is 2.76. The maximum absolute atomic E-state index is 12.7. The maximum Gasteiger partial charge on any atom is 0.416 e. The number of anilines is 1. The largest absolute Gasteiger partial charge is 0.416 e. The molecule has 0 aromatic heterocycles. The smallest absolute Gasteiger partial charge is 0.370 e. The molecule has 1 unspecified atom stereocenters. The van der Waals surface area contributed by atoms with Crippen LogP contribution in [-0.4, -0.2) is 13.1 Å². The van der Waals surface area contributed by atoms with Gasteiger partial charge in [0, 0.05) is 13.1 Å². The summed E-state index contributed by atoms with van der Waals surface area (Å²) in [6.45, 7) is 8.06. The van der Waals surface area contributed by atoms with Crippen LogP contribution in [0.15, 0.2) is 18.2 Å². The van der Waals surface area contributed by atoms with Gasteiger partial charge in [0.1, 0.15) is 6.07 Å². The van der Waals surface area contributed by atoms with E-state index in [1.165, 1.54) is 6.07 Å². The minimum atomic E-state index is -4.41. The van der Waals surface area contributed by atoms with Crippen LogP contribution in [0.1, 0.15) is 38.3 Å². The van der Waals surface area contributed by atoms with Crippen molar-refractivity contribution < 1.29 is 13.2 Å². The average molecular weight is 296 g/mol.